The van der Waals surface area contributed by atoms with Crippen LogP contribution in [0.25, 0.3) is 0 Å². The van der Waals surface area contributed by atoms with Crippen LogP contribution in [0.4, 0.5) is 0 Å². The Morgan fingerprint density at radius 2 is 2.18 bits per heavy atom. The molecule has 1 nitrogen and oxygen atoms in total. The van der Waals surface area contributed by atoms with Crippen LogP contribution in [0.15, 0.2) is 35.0 Å². The molecule has 2 aromatic rings. The van der Waals surface area contributed by atoms with Crippen molar-refractivity contribution in [3.8, 4) is 0 Å². The van der Waals surface area contributed by atoms with E-state index in [-0.39, 0.29) is 0 Å². The molecule has 0 aliphatic rings. The molecule has 0 radical (unpaired) electrons. The molecule has 0 spiro atoms. The van der Waals surface area contributed by atoms with Crippen molar-refractivity contribution in [2.45, 2.75) is 19.4 Å². The molecular weight excluding hydrogens is 341 g/mol. The van der Waals surface area contributed by atoms with Gasteiger partial charge in [0, 0.05) is 9.61 Å². The van der Waals surface area contributed by atoms with Crippen LogP contribution in [0.1, 0.15) is 22.7 Å². The molecule has 17 heavy (non-hydrogen) atoms. The van der Waals surface area contributed by atoms with E-state index in [0.29, 0.717) is 6.04 Å². The van der Waals surface area contributed by atoms with Crippen LogP contribution < -0.4 is 5.32 Å². The zero-order valence-electron chi connectivity index (χ0n) is 10.0. The molecule has 1 aromatic carbocycles. The van der Waals surface area contributed by atoms with Gasteiger partial charge in [0.1, 0.15) is 0 Å². The van der Waals surface area contributed by atoms with Crippen molar-refractivity contribution in [2.24, 2.45) is 0 Å². The Hall–Kier alpha value is -0.390. The van der Waals surface area contributed by atoms with E-state index < -0.39 is 0 Å². The molecule has 1 aromatic heterocycles. The van der Waals surface area contributed by atoms with E-state index >= 15 is 0 Å². The van der Waals surface area contributed by atoms with Crippen molar-refractivity contribution < 1.29 is 0 Å². The zero-order chi connectivity index (χ0) is 12.3. The van der Waals surface area contributed by atoms with Crippen LogP contribution in [-0.2, 0) is 6.42 Å². The standard InChI is InChI=1S/C14H16INS/c1-10-4-3-5-12(14(10)15)13(16-2)8-11-6-7-17-9-11/h3-7,9,13,16H,8H2,1-2H3. The summed E-state index contributed by atoms with van der Waals surface area (Å²) in [6.07, 6.45) is 1.06. The zero-order valence-corrected chi connectivity index (χ0v) is 13.0. The number of aryl methyl sites for hydroxylation is 1. The van der Waals surface area contributed by atoms with Crippen LogP contribution in [0.3, 0.4) is 0 Å². The van der Waals surface area contributed by atoms with E-state index in [0.717, 1.165) is 6.42 Å². The molecule has 0 bridgehead atoms. The third-order valence-corrected chi connectivity index (χ3v) is 5.17. The number of thiophene rings is 1. The summed E-state index contributed by atoms with van der Waals surface area (Å²) in [6.45, 7) is 2.17. The molecule has 0 saturated heterocycles. The molecule has 1 heterocycles. The van der Waals surface area contributed by atoms with Crippen LogP contribution >= 0.6 is 33.9 Å². The van der Waals surface area contributed by atoms with Gasteiger partial charge in [0.15, 0.2) is 0 Å². The Morgan fingerprint density at radius 3 is 2.82 bits per heavy atom. The third kappa shape index (κ3) is 3.09. The fraction of sp³-hybridized carbons (Fsp3) is 0.286. The molecule has 1 N–H and O–H groups in total. The highest BCUT2D eigenvalue weighted by Gasteiger charge is 2.14. The second-order valence-electron chi connectivity index (χ2n) is 4.16. The first-order chi connectivity index (χ1) is 8.22. The van der Waals surface area contributed by atoms with Crippen molar-refractivity contribution in [3.63, 3.8) is 0 Å². The van der Waals surface area contributed by atoms with Gasteiger partial charge in [-0.3, -0.25) is 0 Å². The van der Waals surface area contributed by atoms with Gasteiger partial charge in [-0.05, 0) is 76.5 Å². The predicted molar refractivity (Wildman–Crippen MR) is 83.7 cm³/mol. The van der Waals surface area contributed by atoms with Crippen molar-refractivity contribution >= 4 is 33.9 Å². The molecule has 1 atom stereocenters. The van der Waals surface area contributed by atoms with Crippen molar-refractivity contribution in [2.75, 3.05) is 7.05 Å². The second-order valence-corrected chi connectivity index (χ2v) is 6.01. The molecular formula is C14H16INS. The average Bonchev–Trinajstić information content (AvgIpc) is 2.83. The SMILES string of the molecule is CNC(Cc1ccsc1)c1cccc(C)c1I. The summed E-state index contributed by atoms with van der Waals surface area (Å²) in [6, 6.07) is 9.14. The molecule has 3 heteroatoms. The summed E-state index contributed by atoms with van der Waals surface area (Å²) in [4.78, 5) is 0. The van der Waals surface area contributed by atoms with E-state index in [4.69, 9.17) is 0 Å². The quantitative estimate of drug-likeness (QED) is 0.810. The highest BCUT2D eigenvalue weighted by Crippen LogP contribution is 2.26. The summed E-state index contributed by atoms with van der Waals surface area (Å²) in [5.41, 5.74) is 4.17. The maximum absolute atomic E-state index is 3.42. The van der Waals surface area contributed by atoms with Gasteiger partial charge in [0.2, 0.25) is 0 Å². The van der Waals surface area contributed by atoms with Gasteiger partial charge in [0.05, 0.1) is 0 Å². The van der Waals surface area contributed by atoms with Crippen molar-refractivity contribution in [1.82, 2.24) is 5.32 Å². The van der Waals surface area contributed by atoms with Crippen LogP contribution in [0, 0.1) is 10.5 Å². The Balaban J connectivity index is 2.26. The minimum absolute atomic E-state index is 0.399. The lowest BCUT2D eigenvalue weighted by atomic mass is 9.99. The molecule has 0 amide bonds. The Bertz CT molecular complexity index is 479. The predicted octanol–water partition coefficient (Wildman–Crippen LogP) is 4.16. The molecule has 0 aliphatic heterocycles. The van der Waals surface area contributed by atoms with Gasteiger partial charge >= 0.3 is 0 Å². The lowest BCUT2D eigenvalue weighted by molar-refractivity contribution is 0.590. The summed E-state index contributed by atoms with van der Waals surface area (Å²) in [5, 5.41) is 7.80. The normalized spacial score (nSPS) is 12.6. The third-order valence-electron chi connectivity index (χ3n) is 2.97. The Labute approximate surface area is 120 Å². The minimum atomic E-state index is 0.399. The number of hydrogen-bond acceptors (Lipinski definition) is 2. The minimum Gasteiger partial charge on any atom is -0.313 e. The van der Waals surface area contributed by atoms with Gasteiger partial charge in [-0.1, -0.05) is 18.2 Å². The van der Waals surface area contributed by atoms with Crippen molar-refractivity contribution in [1.29, 1.82) is 0 Å². The van der Waals surface area contributed by atoms with E-state index in [2.05, 4.69) is 69.9 Å². The second kappa shape index (κ2) is 5.98. The summed E-state index contributed by atoms with van der Waals surface area (Å²) < 4.78 is 1.37. The molecule has 0 aliphatic carbocycles. The van der Waals surface area contributed by atoms with Gasteiger partial charge in [-0.15, -0.1) is 0 Å². The van der Waals surface area contributed by atoms with Gasteiger partial charge < -0.3 is 5.32 Å². The van der Waals surface area contributed by atoms with E-state index in [9.17, 15) is 0 Å². The maximum atomic E-state index is 3.42. The largest absolute Gasteiger partial charge is 0.313 e. The molecule has 0 fully saturated rings. The number of nitrogens with one attached hydrogen (secondary N) is 1. The topological polar surface area (TPSA) is 12.0 Å². The van der Waals surface area contributed by atoms with Gasteiger partial charge in [-0.25, -0.2) is 0 Å². The number of hydrogen-bond donors (Lipinski definition) is 1. The smallest absolute Gasteiger partial charge is 0.0369 e. The van der Waals surface area contributed by atoms with Crippen molar-refractivity contribution in [3.05, 3.63) is 55.3 Å². The number of likely N-dealkylation sites (N-methyl/N-ethyl adjacent to an activating group) is 1. The van der Waals surface area contributed by atoms with Crippen LogP contribution in [-0.4, -0.2) is 7.05 Å². The lowest BCUT2D eigenvalue weighted by Crippen LogP contribution is -2.20. The fourth-order valence-corrected chi connectivity index (χ4v) is 3.37. The number of rotatable bonds is 4. The number of benzene rings is 1. The van der Waals surface area contributed by atoms with Gasteiger partial charge in [-0.2, -0.15) is 11.3 Å². The van der Waals surface area contributed by atoms with Gasteiger partial charge in [0.25, 0.3) is 0 Å². The Morgan fingerprint density at radius 1 is 1.35 bits per heavy atom. The first-order valence-corrected chi connectivity index (χ1v) is 7.68. The molecule has 90 valence electrons. The first kappa shape index (κ1) is 13.1. The maximum Gasteiger partial charge on any atom is 0.0369 e. The summed E-state index contributed by atoms with van der Waals surface area (Å²) >= 11 is 4.21. The highest BCUT2D eigenvalue weighted by atomic mass is 127. The lowest BCUT2D eigenvalue weighted by Gasteiger charge is -2.18. The molecule has 1 unspecified atom stereocenters. The fourth-order valence-electron chi connectivity index (χ4n) is 1.95. The van der Waals surface area contributed by atoms with E-state index in [1.165, 1.54) is 20.3 Å². The van der Waals surface area contributed by atoms with E-state index in [1.807, 2.05) is 7.05 Å². The number of halogens is 1. The molecule has 2 rings (SSSR count). The first-order valence-electron chi connectivity index (χ1n) is 5.65. The van der Waals surface area contributed by atoms with Crippen LogP contribution in [0.5, 0.6) is 0 Å². The van der Waals surface area contributed by atoms with Crippen LogP contribution in [0.2, 0.25) is 0 Å². The van der Waals surface area contributed by atoms with E-state index in [1.54, 1.807) is 11.3 Å². The Kier molecular flexibility index (Phi) is 4.59. The average molecular weight is 357 g/mol. The monoisotopic (exact) mass is 357 g/mol. The summed E-state index contributed by atoms with van der Waals surface area (Å²) in [7, 11) is 2.04. The summed E-state index contributed by atoms with van der Waals surface area (Å²) in [5.74, 6) is 0. The molecule has 0 saturated carbocycles. The highest BCUT2D eigenvalue weighted by molar-refractivity contribution is 14.1.